The minimum atomic E-state index is 0.0384. The monoisotopic (exact) mass is 263 g/mol. The maximum Gasteiger partial charge on any atom is 0.126 e. The molecular formula is C16H29N3. The first-order chi connectivity index (χ1) is 8.81. The normalized spacial score (nSPS) is 11.9. The lowest BCUT2D eigenvalue weighted by molar-refractivity contribution is 0.627. The molecule has 1 rings (SSSR count). The van der Waals surface area contributed by atoms with Crippen molar-refractivity contribution in [3.8, 4) is 0 Å². The Morgan fingerprint density at radius 2 is 1.89 bits per heavy atom. The molecule has 0 atom stereocenters. The molecule has 0 radical (unpaired) electrons. The van der Waals surface area contributed by atoms with Gasteiger partial charge in [0.1, 0.15) is 5.82 Å². The lowest BCUT2D eigenvalue weighted by Crippen LogP contribution is -2.27. The minimum Gasteiger partial charge on any atom is -0.365 e. The van der Waals surface area contributed by atoms with Gasteiger partial charge in [-0.05, 0) is 57.4 Å². The molecule has 0 amide bonds. The third-order valence-corrected chi connectivity index (χ3v) is 2.76. The highest BCUT2D eigenvalue weighted by atomic mass is 15.0. The summed E-state index contributed by atoms with van der Waals surface area (Å²) in [4.78, 5) is 4.71. The first kappa shape index (κ1) is 16.0. The molecule has 0 fully saturated rings. The van der Waals surface area contributed by atoms with Gasteiger partial charge in [0.2, 0.25) is 0 Å². The summed E-state index contributed by atoms with van der Waals surface area (Å²) in [6.45, 7) is 15.0. The van der Waals surface area contributed by atoms with Crippen molar-refractivity contribution in [1.29, 1.82) is 0 Å². The van der Waals surface area contributed by atoms with Crippen LogP contribution in [0.25, 0.3) is 0 Å². The van der Waals surface area contributed by atoms with Crippen LogP contribution in [0, 0.1) is 0 Å². The van der Waals surface area contributed by atoms with Gasteiger partial charge in [-0.1, -0.05) is 20.8 Å². The number of nitrogens with one attached hydrogen (secondary N) is 2. The molecule has 0 aliphatic rings. The third kappa shape index (κ3) is 6.06. The summed E-state index contributed by atoms with van der Waals surface area (Å²) < 4.78 is 0. The third-order valence-electron chi connectivity index (χ3n) is 2.76. The summed E-state index contributed by atoms with van der Waals surface area (Å²) in [5.41, 5.74) is 2.50. The van der Waals surface area contributed by atoms with E-state index in [4.69, 9.17) is 4.98 Å². The number of rotatable bonds is 6. The average Bonchev–Trinajstić information content (AvgIpc) is 2.26. The Morgan fingerprint density at radius 1 is 1.21 bits per heavy atom. The molecule has 0 aromatic carbocycles. The van der Waals surface area contributed by atoms with Crippen molar-refractivity contribution >= 4 is 5.82 Å². The molecule has 1 heterocycles. The molecule has 0 bridgehead atoms. The Labute approximate surface area is 118 Å². The summed E-state index contributed by atoms with van der Waals surface area (Å²) >= 11 is 0. The van der Waals surface area contributed by atoms with Gasteiger partial charge in [0, 0.05) is 17.8 Å². The summed E-state index contributed by atoms with van der Waals surface area (Å²) in [6, 6.07) is 4.36. The Morgan fingerprint density at radius 3 is 2.42 bits per heavy atom. The van der Waals surface area contributed by atoms with E-state index < -0.39 is 0 Å². The number of pyridine rings is 1. The molecule has 0 saturated heterocycles. The van der Waals surface area contributed by atoms with Gasteiger partial charge < -0.3 is 10.6 Å². The van der Waals surface area contributed by atoms with Crippen LogP contribution in [-0.4, -0.2) is 17.1 Å². The fourth-order valence-electron chi connectivity index (χ4n) is 1.87. The Hall–Kier alpha value is -1.09. The number of aromatic nitrogens is 1. The summed E-state index contributed by atoms with van der Waals surface area (Å²) in [7, 11) is 0. The molecule has 0 aliphatic heterocycles. The van der Waals surface area contributed by atoms with Crippen LogP contribution < -0.4 is 10.6 Å². The van der Waals surface area contributed by atoms with E-state index >= 15 is 0 Å². The maximum atomic E-state index is 4.71. The fourth-order valence-corrected chi connectivity index (χ4v) is 1.87. The van der Waals surface area contributed by atoms with Crippen molar-refractivity contribution in [2.45, 2.75) is 66.0 Å². The van der Waals surface area contributed by atoms with Crippen molar-refractivity contribution in [2.24, 2.45) is 0 Å². The Kier molecular flexibility index (Phi) is 5.80. The van der Waals surface area contributed by atoms with E-state index in [0.29, 0.717) is 5.92 Å². The summed E-state index contributed by atoms with van der Waals surface area (Å²) in [5, 5.41) is 6.92. The van der Waals surface area contributed by atoms with Gasteiger partial charge in [0.05, 0.1) is 0 Å². The highest BCUT2D eigenvalue weighted by Gasteiger charge is 2.12. The second kappa shape index (κ2) is 6.90. The van der Waals surface area contributed by atoms with Crippen molar-refractivity contribution in [3.05, 3.63) is 23.4 Å². The van der Waals surface area contributed by atoms with Crippen molar-refractivity contribution < 1.29 is 0 Å². The molecule has 0 spiro atoms. The number of hydrogen-bond donors (Lipinski definition) is 2. The molecule has 0 saturated carbocycles. The van der Waals surface area contributed by atoms with E-state index in [9.17, 15) is 0 Å². The summed E-state index contributed by atoms with van der Waals surface area (Å²) in [6.07, 6.45) is 1.16. The second-order valence-corrected chi connectivity index (χ2v) is 6.49. The van der Waals surface area contributed by atoms with E-state index in [1.165, 1.54) is 5.56 Å². The first-order valence-corrected chi connectivity index (χ1v) is 7.31. The van der Waals surface area contributed by atoms with Crippen molar-refractivity contribution in [3.63, 3.8) is 0 Å². The van der Waals surface area contributed by atoms with Crippen LogP contribution in [0.15, 0.2) is 12.1 Å². The van der Waals surface area contributed by atoms with E-state index in [-0.39, 0.29) is 5.54 Å². The topological polar surface area (TPSA) is 37.0 Å². The summed E-state index contributed by atoms with van der Waals surface area (Å²) in [5.74, 6) is 1.43. The highest BCUT2D eigenvalue weighted by molar-refractivity contribution is 5.42. The SMILES string of the molecule is CCCNCc1cc(NC(C)(C)C)nc(C(C)C)c1. The highest BCUT2D eigenvalue weighted by Crippen LogP contribution is 2.20. The zero-order valence-electron chi connectivity index (χ0n) is 13.3. The minimum absolute atomic E-state index is 0.0384. The standard InChI is InChI=1S/C16H29N3/c1-7-8-17-11-13-9-14(12(2)3)18-15(10-13)19-16(4,5)6/h9-10,12,17H,7-8,11H2,1-6H3,(H,18,19). The average molecular weight is 263 g/mol. The van der Waals surface area contributed by atoms with Crippen LogP contribution in [-0.2, 0) is 6.54 Å². The lowest BCUT2D eigenvalue weighted by Gasteiger charge is -2.23. The van der Waals surface area contributed by atoms with Crippen LogP contribution in [0.1, 0.15) is 65.1 Å². The van der Waals surface area contributed by atoms with E-state index in [2.05, 4.69) is 64.3 Å². The van der Waals surface area contributed by atoms with Crippen LogP contribution in [0.3, 0.4) is 0 Å². The molecule has 108 valence electrons. The van der Waals surface area contributed by atoms with Gasteiger partial charge >= 0.3 is 0 Å². The molecule has 1 aromatic heterocycles. The Bertz CT molecular complexity index is 391. The number of hydrogen-bond acceptors (Lipinski definition) is 3. The molecule has 0 aliphatic carbocycles. The zero-order chi connectivity index (χ0) is 14.5. The van der Waals surface area contributed by atoms with Gasteiger partial charge in [-0.25, -0.2) is 4.98 Å². The second-order valence-electron chi connectivity index (χ2n) is 6.49. The molecule has 3 nitrogen and oxygen atoms in total. The maximum absolute atomic E-state index is 4.71. The van der Waals surface area contributed by atoms with Gasteiger partial charge in [-0.2, -0.15) is 0 Å². The predicted molar refractivity (Wildman–Crippen MR) is 83.7 cm³/mol. The van der Waals surface area contributed by atoms with Gasteiger partial charge in [-0.15, -0.1) is 0 Å². The fraction of sp³-hybridized carbons (Fsp3) is 0.688. The van der Waals surface area contributed by atoms with Crippen LogP contribution in [0.4, 0.5) is 5.82 Å². The van der Waals surface area contributed by atoms with Gasteiger partial charge in [-0.3, -0.25) is 0 Å². The molecule has 2 N–H and O–H groups in total. The van der Waals surface area contributed by atoms with Gasteiger partial charge in [0.25, 0.3) is 0 Å². The Balaban J connectivity index is 2.90. The lowest BCUT2D eigenvalue weighted by atomic mass is 10.1. The molecule has 1 aromatic rings. The first-order valence-electron chi connectivity index (χ1n) is 7.31. The van der Waals surface area contributed by atoms with Crippen LogP contribution in [0.2, 0.25) is 0 Å². The predicted octanol–water partition coefficient (Wildman–Crippen LogP) is 3.92. The number of nitrogens with zero attached hydrogens (tertiary/aromatic N) is 1. The number of anilines is 1. The smallest absolute Gasteiger partial charge is 0.126 e. The molecular weight excluding hydrogens is 234 g/mol. The molecule has 3 heteroatoms. The van der Waals surface area contributed by atoms with E-state index in [1.807, 2.05) is 0 Å². The zero-order valence-corrected chi connectivity index (χ0v) is 13.3. The van der Waals surface area contributed by atoms with Crippen LogP contribution in [0.5, 0.6) is 0 Å². The van der Waals surface area contributed by atoms with Gasteiger partial charge in [0.15, 0.2) is 0 Å². The molecule has 0 unspecified atom stereocenters. The largest absolute Gasteiger partial charge is 0.365 e. The van der Waals surface area contributed by atoms with Crippen LogP contribution >= 0.6 is 0 Å². The molecule has 19 heavy (non-hydrogen) atoms. The van der Waals surface area contributed by atoms with E-state index in [1.54, 1.807) is 0 Å². The van der Waals surface area contributed by atoms with Crippen molar-refractivity contribution in [2.75, 3.05) is 11.9 Å². The van der Waals surface area contributed by atoms with E-state index in [0.717, 1.165) is 31.0 Å². The quantitative estimate of drug-likeness (QED) is 0.764. The van der Waals surface area contributed by atoms with Crippen molar-refractivity contribution in [1.82, 2.24) is 10.3 Å².